The van der Waals surface area contributed by atoms with Gasteiger partial charge in [0.15, 0.2) is 0 Å². The van der Waals surface area contributed by atoms with Crippen molar-refractivity contribution in [1.29, 1.82) is 0 Å². The maximum atomic E-state index is 5.86. The van der Waals surface area contributed by atoms with Gasteiger partial charge in [-0.3, -0.25) is 4.98 Å². The molecule has 0 bridgehead atoms. The summed E-state index contributed by atoms with van der Waals surface area (Å²) in [6.45, 7) is 2.11. The van der Waals surface area contributed by atoms with Crippen molar-refractivity contribution in [3.05, 3.63) is 89.7 Å². The van der Waals surface area contributed by atoms with Crippen molar-refractivity contribution in [1.82, 2.24) is 4.98 Å². The van der Waals surface area contributed by atoms with Gasteiger partial charge in [0.1, 0.15) is 11.5 Å². The highest BCUT2D eigenvalue weighted by Crippen LogP contribution is 2.22. The second kappa shape index (κ2) is 7.41. The van der Waals surface area contributed by atoms with E-state index in [1.54, 1.807) is 0 Å². The molecule has 0 aliphatic carbocycles. The van der Waals surface area contributed by atoms with E-state index in [0.717, 1.165) is 34.9 Å². The van der Waals surface area contributed by atoms with Crippen LogP contribution in [0.15, 0.2) is 72.8 Å². The van der Waals surface area contributed by atoms with Crippen LogP contribution in [0.25, 0.3) is 12.2 Å². The van der Waals surface area contributed by atoms with Crippen LogP contribution in [0.5, 0.6) is 11.5 Å². The van der Waals surface area contributed by atoms with E-state index in [-0.39, 0.29) is 0 Å². The first-order valence-corrected chi connectivity index (χ1v) is 7.80. The summed E-state index contributed by atoms with van der Waals surface area (Å²) in [7, 11) is 0. The highest BCUT2D eigenvalue weighted by atomic mass is 16.5. The third kappa shape index (κ3) is 4.30. The molecule has 0 saturated heterocycles. The number of nitrogens with zero attached hydrogens (tertiary/aromatic N) is 1. The second-order valence-corrected chi connectivity index (χ2v) is 5.23. The third-order valence-electron chi connectivity index (χ3n) is 3.47. The predicted octanol–water partition coefficient (Wildman–Crippen LogP) is 5.61. The number of aromatic nitrogens is 1. The molecule has 0 atom stereocenters. The molecular formula is C21H19NO. The SMILES string of the molecule is CCc1cccc(C=Cc2cccc(Oc3ccccc3)c2)n1. The molecule has 0 aliphatic rings. The van der Waals surface area contributed by atoms with Crippen LogP contribution in [-0.4, -0.2) is 4.98 Å². The average molecular weight is 301 g/mol. The molecule has 2 aromatic carbocycles. The molecule has 3 rings (SSSR count). The standard InChI is InChI=1S/C21H19NO/c1-2-18-9-7-10-19(22-18)15-14-17-8-6-13-21(16-17)23-20-11-4-3-5-12-20/h3-16H,2H2,1H3. The van der Waals surface area contributed by atoms with Crippen LogP contribution in [0, 0.1) is 0 Å². The minimum atomic E-state index is 0.827. The summed E-state index contributed by atoms with van der Waals surface area (Å²) in [5.74, 6) is 1.67. The highest BCUT2D eigenvalue weighted by Gasteiger charge is 1.97. The maximum absolute atomic E-state index is 5.86. The van der Waals surface area contributed by atoms with Crippen LogP contribution in [0.2, 0.25) is 0 Å². The lowest BCUT2D eigenvalue weighted by atomic mass is 10.2. The molecule has 1 aromatic heterocycles. The fourth-order valence-electron chi connectivity index (χ4n) is 2.28. The molecule has 3 aromatic rings. The van der Waals surface area contributed by atoms with E-state index >= 15 is 0 Å². The Morgan fingerprint density at radius 3 is 2.43 bits per heavy atom. The summed E-state index contributed by atoms with van der Waals surface area (Å²) in [6.07, 6.45) is 5.03. The number of hydrogen-bond acceptors (Lipinski definition) is 2. The van der Waals surface area contributed by atoms with E-state index in [0.29, 0.717) is 0 Å². The largest absolute Gasteiger partial charge is 0.457 e. The molecule has 0 N–H and O–H groups in total. The molecular weight excluding hydrogens is 282 g/mol. The number of ether oxygens (including phenoxy) is 1. The Balaban J connectivity index is 1.75. The van der Waals surface area contributed by atoms with Crippen LogP contribution in [0.4, 0.5) is 0 Å². The van der Waals surface area contributed by atoms with Gasteiger partial charge < -0.3 is 4.74 Å². The summed E-state index contributed by atoms with van der Waals surface area (Å²) >= 11 is 0. The number of benzene rings is 2. The van der Waals surface area contributed by atoms with Crippen LogP contribution >= 0.6 is 0 Å². The van der Waals surface area contributed by atoms with E-state index in [9.17, 15) is 0 Å². The van der Waals surface area contributed by atoms with Gasteiger partial charge in [0.2, 0.25) is 0 Å². The number of para-hydroxylation sites is 1. The molecule has 23 heavy (non-hydrogen) atoms. The first-order valence-electron chi connectivity index (χ1n) is 7.80. The predicted molar refractivity (Wildman–Crippen MR) is 95.5 cm³/mol. The zero-order valence-corrected chi connectivity index (χ0v) is 13.1. The van der Waals surface area contributed by atoms with Crippen molar-refractivity contribution >= 4 is 12.2 Å². The van der Waals surface area contributed by atoms with Gasteiger partial charge >= 0.3 is 0 Å². The van der Waals surface area contributed by atoms with E-state index in [2.05, 4.69) is 24.1 Å². The first-order chi connectivity index (χ1) is 11.3. The van der Waals surface area contributed by atoms with E-state index in [4.69, 9.17) is 4.74 Å². The Morgan fingerprint density at radius 1 is 0.826 bits per heavy atom. The quantitative estimate of drug-likeness (QED) is 0.611. The van der Waals surface area contributed by atoms with Crippen molar-refractivity contribution in [3.8, 4) is 11.5 Å². The monoisotopic (exact) mass is 301 g/mol. The molecule has 0 unspecified atom stereocenters. The van der Waals surface area contributed by atoms with Crippen LogP contribution in [0.1, 0.15) is 23.9 Å². The van der Waals surface area contributed by atoms with Gasteiger partial charge in [-0.05, 0) is 54.5 Å². The van der Waals surface area contributed by atoms with Gasteiger partial charge in [-0.25, -0.2) is 0 Å². The number of rotatable bonds is 5. The van der Waals surface area contributed by atoms with Crippen molar-refractivity contribution in [2.45, 2.75) is 13.3 Å². The van der Waals surface area contributed by atoms with Crippen molar-refractivity contribution in [2.24, 2.45) is 0 Å². The van der Waals surface area contributed by atoms with Gasteiger partial charge in [0.25, 0.3) is 0 Å². The Hall–Kier alpha value is -2.87. The van der Waals surface area contributed by atoms with Crippen molar-refractivity contribution < 1.29 is 4.74 Å². The van der Waals surface area contributed by atoms with Crippen LogP contribution < -0.4 is 4.74 Å². The highest BCUT2D eigenvalue weighted by molar-refractivity contribution is 5.68. The Kier molecular flexibility index (Phi) is 4.85. The normalized spacial score (nSPS) is 10.8. The summed E-state index contributed by atoms with van der Waals surface area (Å²) in [6, 6.07) is 23.9. The van der Waals surface area contributed by atoms with Crippen molar-refractivity contribution in [3.63, 3.8) is 0 Å². The third-order valence-corrected chi connectivity index (χ3v) is 3.47. The molecule has 0 aliphatic heterocycles. The van der Waals surface area contributed by atoms with Gasteiger partial charge in [-0.15, -0.1) is 0 Å². The Bertz CT molecular complexity index is 794. The second-order valence-electron chi connectivity index (χ2n) is 5.23. The number of aryl methyl sites for hydroxylation is 1. The van der Waals surface area contributed by atoms with Gasteiger partial charge in [-0.2, -0.15) is 0 Å². The first kappa shape index (κ1) is 15.0. The number of hydrogen-bond donors (Lipinski definition) is 0. The number of pyridine rings is 1. The molecule has 0 fully saturated rings. The minimum Gasteiger partial charge on any atom is -0.457 e. The van der Waals surface area contributed by atoms with Gasteiger partial charge in [0, 0.05) is 5.69 Å². The maximum Gasteiger partial charge on any atom is 0.128 e. The lowest BCUT2D eigenvalue weighted by Crippen LogP contribution is -1.88. The molecule has 0 spiro atoms. The van der Waals surface area contributed by atoms with Gasteiger partial charge in [-0.1, -0.05) is 49.4 Å². The van der Waals surface area contributed by atoms with Crippen LogP contribution in [0.3, 0.4) is 0 Å². The molecule has 114 valence electrons. The van der Waals surface area contributed by atoms with Gasteiger partial charge in [0.05, 0.1) is 5.69 Å². The topological polar surface area (TPSA) is 22.1 Å². The lowest BCUT2D eigenvalue weighted by molar-refractivity contribution is 0.482. The van der Waals surface area contributed by atoms with Crippen LogP contribution in [-0.2, 0) is 6.42 Å². The molecule has 0 saturated carbocycles. The molecule has 0 radical (unpaired) electrons. The van der Waals surface area contributed by atoms with Crippen molar-refractivity contribution in [2.75, 3.05) is 0 Å². The molecule has 1 heterocycles. The smallest absolute Gasteiger partial charge is 0.128 e. The fraction of sp³-hybridized carbons (Fsp3) is 0.0952. The molecule has 2 heteroatoms. The van der Waals surface area contributed by atoms with E-state index in [1.807, 2.05) is 72.8 Å². The summed E-state index contributed by atoms with van der Waals surface area (Å²) in [4.78, 5) is 4.58. The fourth-order valence-corrected chi connectivity index (χ4v) is 2.28. The minimum absolute atomic E-state index is 0.827. The average Bonchev–Trinajstić information content (AvgIpc) is 2.61. The molecule has 0 amide bonds. The zero-order chi connectivity index (χ0) is 15.9. The Morgan fingerprint density at radius 2 is 1.61 bits per heavy atom. The summed E-state index contributed by atoms with van der Waals surface area (Å²) in [5, 5.41) is 0. The summed E-state index contributed by atoms with van der Waals surface area (Å²) in [5.41, 5.74) is 3.16. The molecule has 2 nitrogen and oxygen atoms in total. The lowest BCUT2D eigenvalue weighted by Gasteiger charge is -2.06. The van der Waals surface area contributed by atoms with E-state index < -0.39 is 0 Å². The zero-order valence-electron chi connectivity index (χ0n) is 13.1. The van der Waals surface area contributed by atoms with E-state index in [1.165, 1.54) is 0 Å². The Labute approximate surface area is 137 Å². The summed E-state index contributed by atoms with van der Waals surface area (Å²) < 4.78 is 5.86.